The minimum absolute atomic E-state index is 0.168. The minimum atomic E-state index is -3.81. The smallest absolute Gasteiger partial charge is 0.253 e. The summed E-state index contributed by atoms with van der Waals surface area (Å²) in [5.74, 6) is -0.217. The molecule has 0 spiro atoms. The number of hydrogen-bond acceptors (Lipinski definition) is 8. The fraction of sp³-hybridized carbons (Fsp3) is 0.478. The molecule has 1 saturated heterocycles. The number of sulfonamides is 1. The Morgan fingerprint density at radius 1 is 1.20 bits per heavy atom. The average molecular weight is 573 g/mol. The second-order valence-electron chi connectivity index (χ2n) is 8.15. The fourth-order valence-corrected chi connectivity index (χ4v) is 9.19. The van der Waals surface area contributed by atoms with Gasteiger partial charge in [-0.05, 0) is 56.5 Å². The molecule has 190 valence electrons. The molecule has 4 rings (SSSR count). The maximum absolute atomic E-state index is 14.0. The molecule has 1 aliphatic rings. The summed E-state index contributed by atoms with van der Waals surface area (Å²) in [6.45, 7) is 7.38. The zero-order chi connectivity index (χ0) is 25.2. The first-order chi connectivity index (χ1) is 16.8. The van der Waals surface area contributed by atoms with E-state index in [1.807, 2.05) is 24.5 Å². The number of fused-ring (bicyclic) bond motifs is 1. The average Bonchev–Trinajstić information content (AvgIpc) is 3.60. The number of anilines is 1. The monoisotopic (exact) mass is 572 g/mol. The summed E-state index contributed by atoms with van der Waals surface area (Å²) >= 11 is 10.1. The molecule has 12 heteroatoms. The molecule has 3 heterocycles. The first kappa shape index (κ1) is 26.8. The molecule has 0 saturated carbocycles. The van der Waals surface area contributed by atoms with E-state index in [0.29, 0.717) is 41.9 Å². The minimum Gasteiger partial charge on any atom is -0.302 e. The third-order valence-electron chi connectivity index (χ3n) is 6.22. The number of benzene rings is 1. The van der Waals surface area contributed by atoms with Gasteiger partial charge in [0.25, 0.3) is 10.0 Å². The van der Waals surface area contributed by atoms with E-state index in [4.69, 9.17) is 16.6 Å². The molecule has 2 aromatic heterocycles. The highest BCUT2D eigenvalue weighted by Gasteiger charge is 2.42. The van der Waals surface area contributed by atoms with Gasteiger partial charge in [-0.2, -0.15) is 4.31 Å². The van der Waals surface area contributed by atoms with Crippen LogP contribution in [-0.2, 0) is 14.8 Å². The van der Waals surface area contributed by atoms with Crippen LogP contribution in [0.2, 0.25) is 4.34 Å². The molecule has 1 atom stereocenters. The van der Waals surface area contributed by atoms with Crippen molar-refractivity contribution in [2.45, 2.75) is 41.8 Å². The Morgan fingerprint density at radius 3 is 2.63 bits per heavy atom. The van der Waals surface area contributed by atoms with Crippen LogP contribution < -0.4 is 4.90 Å². The Morgan fingerprint density at radius 2 is 1.97 bits per heavy atom. The molecule has 7 nitrogen and oxygen atoms in total. The Labute approximate surface area is 224 Å². The quantitative estimate of drug-likeness (QED) is 0.308. The van der Waals surface area contributed by atoms with Crippen LogP contribution in [0.3, 0.4) is 0 Å². The lowest BCUT2D eigenvalue weighted by atomic mass is 10.2. The number of amides is 1. The SMILES string of the molecule is CCN(CC)CCN(C(=O)C1CCCN1S(=O)(=O)c1ccc(Cl)s1)c1nc2c(SC)cccc2s1. The first-order valence-electron chi connectivity index (χ1n) is 11.5. The molecule has 1 amide bonds. The van der Waals surface area contributed by atoms with Gasteiger partial charge in [0, 0.05) is 24.5 Å². The van der Waals surface area contributed by atoms with Crippen LogP contribution in [0, 0.1) is 0 Å². The van der Waals surface area contributed by atoms with Crippen LogP contribution in [0.1, 0.15) is 26.7 Å². The van der Waals surface area contributed by atoms with Gasteiger partial charge in [0.15, 0.2) is 5.13 Å². The Balaban J connectivity index is 1.69. The van der Waals surface area contributed by atoms with Crippen LogP contribution in [0.25, 0.3) is 10.2 Å². The Bertz CT molecular complexity index is 1290. The largest absolute Gasteiger partial charge is 0.302 e. The molecule has 0 bridgehead atoms. The lowest BCUT2D eigenvalue weighted by Gasteiger charge is -2.29. The molecule has 35 heavy (non-hydrogen) atoms. The lowest BCUT2D eigenvalue weighted by molar-refractivity contribution is -0.121. The lowest BCUT2D eigenvalue weighted by Crippen LogP contribution is -2.49. The van der Waals surface area contributed by atoms with Gasteiger partial charge in [0.1, 0.15) is 10.3 Å². The van der Waals surface area contributed by atoms with E-state index in [0.717, 1.165) is 39.5 Å². The summed E-state index contributed by atoms with van der Waals surface area (Å²) in [5, 5.41) is 0.613. The van der Waals surface area contributed by atoms with E-state index in [2.05, 4.69) is 18.7 Å². The molecule has 0 aliphatic carbocycles. The summed E-state index contributed by atoms with van der Waals surface area (Å²) < 4.78 is 29.7. The fourth-order valence-electron chi connectivity index (χ4n) is 4.28. The van der Waals surface area contributed by atoms with Crippen molar-refractivity contribution in [1.82, 2.24) is 14.2 Å². The number of thioether (sulfide) groups is 1. The van der Waals surface area contributed by atoms with Gasteiger partial charge in [0.2, 0.25) is 5.91 Å². The number of halogens is 1. The number of thiophene rings is 1. The zero-order valence-corrected chi connectivity index (χ0v) is 24.0. The van der Waals surface area contributed by atoms with Crippen molar-refractivity contribution in [3.63, 3.8) is 0 Å². The number of carbonyl (C=O) groups is 1. The molecule has 1 aliphatic heterocycles. The van der Waals surface area contributed by atoms with Crippen LogP contribution in [-0.4, -0.2) is 73.5 Å². The molecule has 3 aromatic rings. The Kier molecular flexibility index (Phi) is 8.78. The topological polar surface area (TPSA) is 73.8 Å². The number of nitrogens with zero attached hydrogens (tertiary/aromatic N) is 4. The highest BCUT2D eigenvalue weighted by Crippen LogP contribution is 2.37. The van der Waals surface area contributed by atoms with Gasteiger partial charge >= 0.3 is 0 Å². The standard InChI is InChI=1S/C23H29ClN4O3S4/c1-4-26(5-2)14-15-27(23-25-21-17(32-3)9-6-10-18(21)33-23)22(29)16-8-7-13-28(16)35(30,31)20-12-11-19(24)34-20/h6,9-12,16H,4-5,7-8,13-15H2,1-3H3. The van der Waals surface area contributed by atoms with Gasteiger partial charge in [-0.3, -0.25) is 9.69 Å². The second-order valence-corrected chi connectivity index (χ2v) is 13.8. The summed E-state index contributed by atoms with van der Waals surface area (Å²) in [7, 11) is -3.81. The maximum atomic E-state index is 14.0. The summed E-state index contributed by atoms with van der Waals surface area (Å²) in [5.41, 5.74) is 0.879. The molecule has 1 aromatic carbocycles. The normalized spacial score (nSPS) is 17.0. The number of hydrogen-bond donors (Lipinski definition) is 0. The van der Waals surface area contributed by atoms with Crippen molar-refractivity contribution in [2.24, 2.45) is 0 Å². The van der Waals surface area contributed by atoms with Gasteiger partial charge in [-0.25, -0.2) is 13.4 Å². The number of aromatic nitrogens is 1. The van der Waals surface area contributed by atoms with Crippen LogP contribution in [0.15, 0.2) is 39.4 Å². The molecule has 0 N–H and O–H groups in total. The third-order valence-corrected chi connectivity index (χ3v) is 11.6. The molecule has 0 radical (unpaired) electrons. The Hall–Kier alpha value is -1.21. The van der Waals surface area contributed by atoms with Crippen molar-refractivity contribution in [3.8, 4) is 0 Å². The predicted octanol–water partition coefficient (Wildman–Crippen LogP) is 5.26. The van der Waals surface area contributed by atoms with Crippen molar-refractivity contribution in [3.05, 3.63) is 34.7 Å². The zero-order valence-electron chi connectivity index (χ0n) is 19.9. The van der Waals surface area contributed by atoms with Crippen LogP contribution in [0.4, 0.5) is 5.13 Å². The number of carbonyl (C=O) groups excluding carboxylic acids is 1. The van der Waals surface area contributed by atoms with Crippen molar-refractivity contribution in [2.75, 3.05) is 43.9 Å². The van der Waals surface area contributed by atoms with Crippen LogP contribution >= 0.6 is 46.0 Å². The number of likely N-dealkylation sites (N-methyl/N-ethyl adjacent to an activating group) is 1. The van der Waals surface area contributed by atoms with E-state index < -0.39 is 16.1 Å². The van der Waals surface area contributed by atoms with Crippen LogP contribution in [0.5, 0.6) is 0 Å². The van der Waals surface area contributed by atoms with Crippen molar-refractivity contribution < 1.29 is 13.2 Å². The van der Waals surface area contributed by atoms with E-state index in [-0.39, 0.29) is 10.1 Å². The van der Waals surface area contributed by atoms with Gasteiger partial charge in [0.05, 0.1) is 14.6 Å². The first-order valence-corrected chi connectivity index (χ1v) is 16.2. The summed E-state index contributed by atoms with van der Waals surface area (Å²) in [6.07, 6.45) is 3.13. The van der Waals surface area contributed by atoms with Crippen molar-refractivity contribution >= 4 is 77.3 Å². The predicted molar refractivity (Wildman–Crippen MR) is 148 cm³/mol. The van der Waals surface area contributed by atoms with E-state index in [9.17, 15) is 13.2 Å². The summed E-state index contributed by atoms with van der Waals surface area (Å²) in [6, 6.07) is 8.36. The molecule has 1 fully saturated rings. The van der Waals surface area contributed by atoms with E-state index in [1.54, 1.807) is 22.7 Å². The van der Waals surface area contributed by atoms with E-state index in [1.165, 1.54) is 21.7 Å². The van der Waals surface area contributed by atoms with Gasteiger partial charge in [-0.15, -0.1) is 23.1 Å². The maximum Gasteiger partial charge on any atom is 0.253 e. The molecular weight excluding hydrogens is 544 g/mol. The third kappa shape index (κ3) is 5.56. The van der Waals surface area contributed by atoms with Crippen molar-refractivity contribution in [1.29, 1.82) is 0 Å². The summed E-state index contributed by atoms with van der Waals surface area (Å²) in [4.78, 5) is 23.9. The van der Waals surface area contributed by atoms with E-state index >= 15 is 0 Å². The number of thiazole rings is 1. The molecule has 1 unspecified atom stereocenters. The van der Waals surface area contributed by atoms with Gasteiger partial charge in [-0.1, -0.05) is 42.9 Å². The number of para-hydroxylation sites is 1. The number of rotatable bonds is 10. The molecular formula is C23H29ClN4O3S4. The van der Waals surface area contributed by atoms with Gasteiger partial charge < -0.3 is 4.90 Å². The second kappa shape index (κ2) is 11.5. The highest BCUT2D eigenvalue weighted by atomic mass is 35.5. The highest BCUT2D eigenvalue weighted by molar-refractivity contribution is 7.98.